The van der Waals surface area contributed by atoms with Crippen LogP contribution in [0.5, 0.6) is 11.5 Å². The maximum absolute atomic E-state index is 13.8. The normalized spacial score (nSPS) is 10.8. The number of halogens is 2. The first-order chi connectivity index (χ1) is 10.1. The van der Waals surface area contributed by atoms with Gasteiger partial charge in [0.1, 0.15) is 5.52 Å². The van der Waals surface area contributed by atoms with Gasteiger partial charge in [-0.3, -0.25) is 10.1 Å². The van der Waals surface area contributed by atoms with Gasteiger partial charge in [-0.2, -0.15) is 5.10 Å². The number of ether oxygens (including phenoxy) is 1. The molecule has 0 spiro atoms. The Hall–Kier alpha value is -2.67. The van der Waals surface area contributed by atoms with Crippen LogP contribution in [0.25, 0.3) is 5.52 Å². The molecular weight excluding hydrogens is 301 g/mol. The van der Waals surface area contributed by atoms with E-state index in [0.717, 1.165) is 12.1 Å². The molecule has 8 heteroatoms. The lowest BCUT2D eigenvalue weighted by Gasteiger charge is -2.08. The first-order valence-corrected chi connectivity index (χ1v) is 6.17. The summed E-state index contributed by atoms with van der Waals surface area (Å²) in [5.74, 6) is -0.666. The Morgan fingerprint density at radius 1 is 1.33 bits per heavy atom. The van der Waals surface area contributed by atoms with Gasteiger partial charge < -0.3 is 4.74 Å². The molecule has 0 atom stereocenters. The number of nitro benzene ring substituents is 1. The lowest BCUT2D eigenvalue weighted by atomic mass is 10.3. The molecule has 0 aliphatic rings. The monoisotopic (exact) mass is 307 g/mol. The summed E-state index contributed by atoms with van der Waals surface area (Å²) in [6.45, 7) is 0. The number of benzene rings is 1. The van der Waals surface area contributed by atoms with Crippen LogP contribution in [-0.2, 0) is 0 Å². The predicted octanol–water partition coefficient (Wildman–Crippen LogP) is 3.83. The van der Waals surface area contributed by atoms with Gasteiger partial charge in [0.05, 0.1) is 22.2 Å². The number of non-ortho nitro benzene ring substituents is 1. The average molecular weight is 308 g/mol. The van der Waals surface area contributed by atoms with Gasteiger partial charge in [0.15, 0.2) is 17.3 Å². The standard InChI is InChI=1S/C13H7ClFN3O3/c14-9-7-16-17-5-1-2-12(13(9)17)21-11-4-3-8(18(19)20)6-10(11)15/h1-7H. The lowest BCUT2D eigenvalue weighted by Crippen LogP contribution is -1.94. The summed E-state index contributed by atoms with van der Waals surface area (Å²) in [5.41, 5.74) is 0.136. The van der Waals surface area contributed by atoms with Crippen molar-refractivity contribution in [3.05, 3.63) is 63.7 Å². The Balaban J connectivity index is 2.03. The van der Waals surface area contributed by atoms with Crippen LogP contribution in [0.3, 0.4) is 0 Å². The van der Waals surface area contributed by atoms with Gasteiger partial charge in [0.2, 0.25) is 0 Å². The fraction of sp³-hybridized carbons (Fsp3) is 0. The van der Waals surface area contributed by atoms with E-state index >= 15 is 0 Å². The first kappa shape index (κ1) is 13.3. The third-order valence-corrected chi connectivity index (χ3v) is 3.08. The zero-order chi connectivity index (χ0) is 15.0. The highest BCUT2D eigenvalue weighted by molar-refractivity contribution is 6.34. The molecule has 3 aromatic rings. The van der Waals surface area contributed by atoms with Gasteiger partial charge in [-0.15, -0.1) is 0 Å². The summed E-state index contributed by atoms with van der Waals surface area (Å²) < 4.78 is 20.8. The number of rotatable bonds is 3. The molecule has 0 aliphatic heterocycles. The number of pyridine rings is 1. The van der Waals surface area contributed by atoms with Crippen LogP contribution in [0.15, 0.2) is 42.7 Å². The van der Waals surface area contributed by atoms with E-state index < -0.39 is 10.7 Å². The molecule has 0 saturated carbocycles. The first-order valence-electron chi connectivity index (χ1n) is 5.80. The maximum Gasteiger partial charge on any atom is 0.272 e. The minimum atomic E-state index is -0.832. The van der Waals surface area contributed by atoms with E-state index in [0.29, 0.717) is 16.3 Å². The summed E-state index contributed by atoms with van der Waals surface area (Å²) >= 11 is 6.00. The van der Waals surface area contributed by atoms with Crippen LogP contribution < -0.4 is 4.74 Å². The zero-order valence-corrected chi connectivity index (χ0v) is 11.1. The van der Waals surface area contributed by atoms with Crippen LogP contribution in [0.4, 0.5) is 10.1 Å². The second kappa shape index (κ2) is 5.02. The highest BCUT2D eigenvalue weighted by Crippen LogP contribution is 2.32. The molecule has 0 fully saturated rings. The van der Waals surface area contributed by atoms with E-state index in [-0.39, 0.29) is 11.4 Å². The Morgan fingerprint density at radius 2 is 2.14 bits per heavy atom. The molecule has 3 rings (SSSR count). The van der Waals surface area contributed by atoms with Crippen molar-refractivity contribution in [1.82, 2.24) is 9.61 Å². The van der Waals surface area contributed by atoms with Crippen molar-refractivity contribution in [1.29, 1.82) is 0 Å². The van der Waals surface area contributed by atoms with Gasteiger partial charge >= 0.3 is 0 Å². The molecule has 0 unspecified atom stereocenters. The van der Waals surface area contributed by atoms with E-state index in [2.05, 4.69) is 5.10 Å². The smallest absolute Gasteiger partial charge is 0.272 e. The molecule has 0 amide bonds. The molecule has 1 aromatic carbocycles. The van der Waals surface area contributed by atoms with Gasteiger partial charge in [0.25, 0.3) is 5.69 Å². The fourth-order valence-corrected chi connectivity index (χ4v) is 2.09. The fourth-order valence-electron chi connectivity index (χ4n) is 1.86. The highest BCUT2D eigenvalue weighted by atomic mass is 35.5. The summed E-state index contributed by atoms with van der Waals surface area (Å²) in [7, 11) is 0. The predicted molar refractivity (Wildman–Crippen MR) is 73.3 cm³/mol. The largest absolute Gasteiger partial charge is 0.452 e. The molecule has 0 N–H and O–H groups in total. The van der Waals surface area contributed by atoms with Crippen molar-refractivity contribution < 1.29 is 14.1 Å². The van der Waals surface area contributed by atoms with Crippen molar-refractivity contribution in [3.63, 3.8) is 0 Å². The summed E-state index contributed by atoms with van der Waals surface area (Å²) in [6, 6.07) is 6.42. The van der Waals surface area contributed by atoms with Crippen LogP contribution in [-0.4, -0.2) is 14.5 Å². The number of fused-ring (bicyclic) bond motifs is 1. The number of nitrogens with zero attached hydrogens (tertiary/aromatic N) is 3. The molecule has 0 bridgehead atoms. The van der Waals surface area contributed by atoms with Crippen LogP contribution in [0, 0.1) is 15.9 Å². The Kier molecular flexibility index (Phi) is 3.19. The quantitative estimate of drug-likeness (QED) is 0.544. The molecule has 0 saturated heterocycles. The third kappa shape index (κ3) is 2.38. The van der Waals surface area contributed by atoms with Crippen LogP contribution in [0.2, 0.25) is 5.02 Å². The topological polar surface area (TPSA) is 69.7 Å². The lowest BCUT2D eigenvalue weighted by molar-refractivity contribution is -0.385. The highest BCUT2D eigenvalue weighted by Gasteiger charge is 2.15. The van der Waals surface area contributed by atoms with Crippen molar-refractivity contribution in [3.8, 4) is 11.5 Å². The maximum atomic E-state index is 13.8. The van der Waals surface area contributed by atoms with E-state index in [1.807, 2.05) is 0 Å². The van der Waals surface area contributed by atoms with Gasteiger partial charge in [0, 0.05) is 12.3 Å². The molecular formula is C13H7ClFN3O3. The summed E-state index contributed by atoms with van der Waals surface area (Å²) in [6.07, 6.45) is 3.11. The molecule has 6 nitrogen and oxygen atoms in total. The molecule has 21 heavy (non-hydrogen) atoms. The Bertz CT molecular complexity index is 850. The van der Waals surface area contributed by atoms with E-state index in [1.165, 1.54) is 16.8 Å². The van der Waals surface area contributed by atoms with Crippen molar-refractivity contribution in [2.45, 2.75) is 0 Å². The Labute approximate surface area is 122 Å². The molecule has 106 valence electrons. The SMILES string of the molecule is O=[N+]([O-])c1ccc(Oc2cccn3ncc(Cl)c23)c(F)c1. The number of nitro groups is 1. The Morgan fingerprint density at radius 3 is 2.86 bits per heavy atom. The zero-order valence-electron chi connectivity index (χ0n) is 10.4. The third-order valence-electron chi connectivity index (χ3n) is 2.81. The van der Waals surface area contributed by atoms with Crippen molar-refractivity contribution in [2.75, 3.05) is 0 Å². The number of hydrogen-bond donors (Lipinski definition) is 0. The second-order valence-corrected chi connectivity index (χ2v) is 4.54. The van der Waals surface area contributed by atoms with Crippen LogP contribution >= 0.6 is 11.6 Å². The summed E-state index contributed by atoms with van der Waals surface area (Å²) in [5, 5.41) is 14.9. The number of hydrogen-bond acceptors (Lipinski definition) is 4. The van der Waals surface area contributed by atoms with Crippen LogP contribution in [0.1, 0.15) is 0 Å². The van der Waals surface area contributed by atoms with Gasteiger partial charge in [-0.05, 0) is 18.2 Å². The molecule has 2 heterocycles. The van der Waals surface area contributed by atoms with Gasteiger partial charge in [-0.1, -0.05) is 11.6 Å². The van der Waals surface area contributed by atoms with E-state index in [1.54, 1.807) is 18.3 Å². The van der Waals surface area contributed by atoms with Crippen molar-refractivity contribution >= 4 is 22.8 Å². The van der Waals surface area contributed by atoms with Gasteiger partial charge in [-0.25, -0.2) is 8.91 Å². The molecule has 2 aromatic heterocycles. The minimum Gasteiger partial charge on any atom is -0.452 e. The van der Waals surface area contributed by atoms with E-state index in [9.17, 15) is 14.5 Å². The summed E-state index contributed by atoms with van der Waals surface area (Å²) in [4.78, 5) is 9.90. The second-order valence-electron chi connectivity index (χ2n) is 4.13. The van der Waals surface area contributed by atoms with Crippen molar-refractivity contribution in [2.24, 2.45) is 0 Å². The average Bonchev–Trinajstić information content (AvgIpc) is 2.83. The molecule has 0 radical (unpaired) electrons. The number of aromatic nitrogens is 2. The minimum absolute atomic E-state index is 0.133. The molecule has 0 aliphatic carbocycles. The van der Waals surface area contributed by atoms with E-state index in [4.69, 9.17) is 16.3 Å².